The second kappa shape index (κ2) is 11.6. The van der Waals surface area contributed by atoms with Gasteiger partial charge < -0.3 is 24.6 Å². The van der Waals surface area contributed by atoms with Crippen LogP contribution in [0.3, 0.4) is 0 Å². The highest BCUT2D eigenvalue weighted by atomic mass is 35.5. The molecule has 1 aliphatic heterocycles. The molecule has 8 nitrogen and oxygen atoms in total. The molecule has 0 unspecified atom stereocenters. The molecule has 3 aromatic rings. The molecule has 186 valence electrons. The molecule has 0 spiro atoms. The number of esters is 1. The number of hydrogen-bond acceptors (Lipinski definition) is 6. The van der Waals surface area contributed by atoms with Crippen LogP contribution in [-0.4, -0.2) is 62.6 Å². The third kappa shape index (κ3) is 5.95. The van der Waals surface area contributed by atoms with Crippen LogP contribution in [0.5, 0.6) is 5.75 Å². The van der Waals surface area contributed by atoms with E-state index in [1.807, 2.05) is 23.1 Å². The minimum absolute atomic E-state index is 0.0125. The fraction of sp³-hybridized carbons (Fsp3) is 0.222. The average molecular weight is 508 g/mol. The van der Waals surface area contributed by atoms with Crippen molar-refractivity contribution in [3.63, 3.8) is 0 Å². The van der Waals surface area contributed by atoms with Crippen LogP contribution < -0.4 is 15.0 Å². The standard InChI is InChI=1S/C27H26ClN3O5/c1-35-27(34)20-11-12-23(22(17-20)29-25(32)18-36-24-10-6-5-9-21(24)28)30-13-15-31(16-14-30)26(33)19-7-3-2-4-8-19/h2-12,17H,13-16,18H2,1H3,(H,29,32). The molecule has 0 atom stereocenters. The maximum atomic E-state index is 12.8. The monoisotopic (exact) mass is 507 g/mol. The average Bonchev–Trinajstić information content (AvgIpc) is 2.92. The summed E-state index contributed by atoms with van der Waals surface area (Å²) in [6.45, 7) is 1.92. The lowest BCUT2D eigenvalue weighted by atomic mass is 10.1. The van der Waals surface area contributed by atoms with E-state index in [0.717, 1.165) is 5.69 Å². The van der Waals surface area contributed by atoms with E-state index < -0.39 is 11.9 Å². The number of ether oxygens (including phenoxy) is 2. The quantitative estimate of drug-likeness (QED) is 0.484. The first-order valence-corrected chi connectivity index (χ1v) is 11.8. The first-order chi connectivity index (χ1) is 17.5. The lowest BCUT2D eigenvalue weighted by molar-refractivity contribution is -0.118. The Labute approximate surface area is 214 Å². The summed E-state index contributed by atoms with van der Waals surface area (Å²) in [7, 11) is 1.30. The summed E-state index contributed by atoms with van der Waals surface area (Å²) in [4.78, 5) is 41.5. The Bertz CT molecular complexity index is 1240. The van der Waals surface area contributed by atoms with Crippen molar-refractivity contribution >= 4 is 40.8 Å². The highest BCUT2D eigenvalue weighted by Gasteiger charge is 2.24. The zero-order valence-electron chi connectivity index (χ0n) is 19.8. The molecule has 3 aromatic carbocycles. The number of methoxy groups -OCH3 is 1. The maximum Gasteiger partial charge on any atom is 0.337 e. The van der Waals surface area contributed by atoms with Gasteiger partial charge in [0, 0.05) is 31.7 Å². The Morgan fingerprint density at radius 2 is 1.58 bits per heavy atom. The number of amides is 2. The first-order valence-electron chi connectivity index (χ1n) is 11.4. The van der Waals surface area contributed by atoms with E-state index in [-0.39, 0.29) is 12.5 Å². The number of para-hydroxylation sites is 1. The van der Waals surface area contributed by atoms with Gasteiger partial charge in [0.1, 0.15) is 5.75 Å². The van der Waals surface area contributed by atoms with Crippen molar-refractivity contribution in [1.29, 1.82) is 0 Å². The van der Waals surface area contributed by atoms with Gasteiger partial charge in [-0.25, -0.2) is 4.79 Å². The molecule has 0 aromatic heterocycles. The van der Waals surface area contributed by atoms with Crippen LogP contribution >= 0.6 is 11.6 Å². The fourth-order valence-corrected chi connectivity index (χ4v) is 4.15. The van der Waals surface area contributed by atoms with Gasteiger partial charge in [-0.1, -0.05) is 41.9 Å². The molecule has 1 aliphatic rings. The minimum Gasteiger partial charge on any atom is -0.482 e. The third-order valence-corrected chi connectivity index (χ3v) is 6.13. The highest BCUT2D eigenvalue weighted by Crippen LogP contribution is 2.29. The number of piperazine rings is 1. The molecule has 0 saturated carbocycles. The van der Waals surface area contributed by atoms with Gasteiger partial charge in [0.15, 0.2) is 6.61 Å². The van der Waals surface area contributed by atoms with E-state index in [2.05, 4.69) is 10.2 Å². The topological polar surface area (TPSA) is 88.2 Å². The van der Waals surface area contributed by atoms with Crippen LogP contribution in [0.25, 0.3) is 0 Å². The molecule has 1 heterocycles. The predicted octanol–water partition coefficient (Wildman–Crippen LogP) is 4.11. The third-order valence-electron chi connectivity index (χ3n) is 5.82. The van der Waals surface area contributed by atoms with E-state index in [0.29, 0.717) is 53.8 Å². The van der Waals surface area contributed by atoms with Crippen LogP contribution in [0.4, 0.5) is 11.4 Å². The summed E-state index contributed by atoms with van der Waals surface area (Å²) in [6, 6.07) is 21.1. The lowest BCUT2D eigenvalue weighted by Gasteiger charge is -2.37. The van der Waals surface area contributed by atoms with Crippen molar-refractivity contribution in [2.24, 2.45) is 0 Å². The van der Waals surface area contributed by atoms with E-state index in [1.165, 1.54) is 7.11 Å². The summed E-state index contributed by atoms with van der Waals surface area (Å²) in [5.74, 6) is -0.530. The lowest BCUT2D eigenvalue weighted by Crippen LogP contribution is -2.49. The van der Waals surface area contributed by atoms with Crippen LogP contribution in [0.15, 0.2) is 72.8 Å². The van der Waals surface area contributed by atoms with Gasteiger partial charge >= 0.3 is 5.97 Å². The van der Waals surface area contributed by atoms with Crippen molar-refractivity contribution < 1.29 is 23.9 Å². The molecule has 0 bridgehead atoms. The van der Waals surface area contributed by atoms with Gasteiger partial charge in [0.2, 0.25) is 0 Å². The Hall–Kier alpha value is -4.04. The number of nitrogens with zero attached hydrogens (tertiary/aromatic N) is 2. The fourth-order valence-electron chi connectivity index (χ4n) is 3.96. The SMILES string of the molecule is COC(=O)c1ccc(N2CCN(C(=O)c3ccccc3)CC2)c(NC(=O)COc2ccccc2Cl)c1. The van der Waals surface area contributed by atoms with Gasteiger partial charge in [-0.2, -0.15) is 0 Å². The van der Waals surface area contributed by atoms with E-state index in [4.69, 9.17) is 21.1 Å². The second-order valence-corrected chi connectivity index (χ2v) is 8.54. The van der Waals surface area contributed by atoms with E-state index >= 15 is 0 Å². The van der Waals surface area contributed by atoms with Crippen LogP contribution in [0.1, 0.15) is 20.7 Å². The highest BCUT2D eigenvalue weighted by molar-refractivity contribution is 6.32. The molecule has 36 heavy (non-hydrogen) atoms. The van der Waals surface area contributed by atoms with Crippen molar-refractivity contribution in [3.05, 3.63) is 88.9 Å². The van der Waals surface area contributed by atoms with Gasteiger partial charge in [0.25, 0.3) is 11.8 Å². The molecule has 9 heteroatoms. The molecule has 0 aliphatic carbocycles. The van der Waals surface area contributed by atoms with Crippen LogP contribution in [-0.2, 0) is 9.53 Å². The van der Waals surface area contributed by atoms with Gasteiger partial charge in [-0.15, -0.1) is 0 Å². The molecule has 1 N–H and O–H groups in total. The number of carbonyl (C=O) groups excluding carboxylic acids is 3. The van der Waals surface area contributed by atoms with Crippen molar-refractivity contribution in [2.75, 3.05) is 50.1 Å². The zero-order valence-corrected chi connectivity index (χ0v) is 20.5. The number of halogens is 1. The number of rotatable bonds is 7. The summed E-state index contributed by atoms with van der Waals surface area (Å²) in [5, 5.41) is 3.24. The predicted molar refractivity (Wildman–Crippen MR) is 138 cm³/mol. The molecular weight excluding hydrogens is 482 g/mol. The molecule has 2 amide bonds. The number of carbonyl (C=O) groups is 3. The van der Waals surface area contributed by atoms with Gasteiger partial charge in [-0.3, -0.25) is 9.59 Å². The minimum atomic E-state index is -0.511. The number of hydrogen-bond donors (Lipinski definition) is 1. The first kappa shape index (κ1) is 25.1. The van der Waals surface area contributed by atoms with E-state index in [1.54, 1.807) is 54.6 Å². The number of anilines is 2. The number of benzene rings is 3. The van der Waals surface area contributed by atoms with Crippen molar-refractivity contribution in [3.8, 4) is 5.75 Å². The molecule has 4 rings (SSSR count). The van der Waals surface area contributed by atoms with Gasteiger partial charge in [-0.05, 0) is 42.5 Å². The largest absolute Gasteiger partial charge is 0.482 e. The summed E-state index contributed by atoms with van der Waals surface area (Å²) >= 11 is 6.10. The molecular formula is C27H26ClN3O5. The van der Waals surface area contributed by atoms with Gasteiger partial charge in [0.05, 0.1) is 29.1 Å². The second-order valence-electron chi connectivity index (χ2n) is 8.14. The molecule has 1 saturated heterocycles. The Morgan fingerprint density at radius 1 is 0.889 bits per heavy atom. The Morgan fingerprint density at radius 3 is 2.28 bits per heavy atom. The Kier molecular flexibility index (Phi) is 8.07. The van der Waals surface area contributed by atoms with E-state index in [9.17, 15) is 14.4 Å². The number of nitrogens with one attached hydrogen (secondary N) is 1. The zero-order chi connectivity index (χ0) is 25.5. The smallest absolute Gasteiger partial charge is 0.337 e. The van der Waals surface area contributed by atoms with Crippen LogP contribution in [0, 0.1) is 0 Å². The Balaban J connectivity index is 1.47. The summed E-state index contributed by atoms with van der Waals surface area (Å²) < 4.78 is 10.4. The van der Waals surface area contributed by atoms with Crippen molar-refractivity contribution in [1.82, 2.24) is 4.90 Å². The molecule has 1 fully saturated rings. The maximum absolute atomic E-state index is 12.8. The molecule has 0 radical (unpaired) electrons. The van der Waals surface area contributed by atoms with Crippen LogP contribution in [0.2, 0.25) is 5.02 Å². The normalized spacial score (nSPS) is 13.2. The summed E-state index contributed by atoms with van der Waals surface area (Å²) in [5.41, 5.74) is 2.15. The summed E-state index contributed by atoms with van der Waals surface area (Å²) in [6.07, 6.45) is 0. The van der Waals surface area contributed by atoms with Crippen molar-refractivity contribution in [2.45, 2.75) is 0 Å².